The highest BCUT2D eigenvalue weighted by atomic mass is 32.2. The lowest BCUT2D eigenvalue weighted by molar-refractivity contribution is 0.214. The fourth-order valence-electron chi connectivity index (χ4n) is 2.79. The molecule has 1 aliphatic rings. The number of rotatable bonds is 3. The molecule has 1 aromatic carbocycles. The molecule has 0 radical (unpaired) electrons. The van der Waals surface area contributed by atoms with Crippen LogP contribution in [0.25, 0.3) is 0 Å². The van der Waals surface area contributed by atoms with E-state index in [9.17, 15) is 22.0 Å². The van der Waals surface area contributed by atoms with E-state index in [-0.39, 0.29) is 31.2 Å². The number of amides is 2. The zero-order chi connectivity index (χ0) is 19.6. The van der Waals surface area contributed by atoms with Crippen molar-refractivity contribution in [1.82, 2.24) is 18.8 Å². The number of halogens is 2. The number of para-hydroxylation sites is 1. The molecule has 27 heavy (non-hydrogen) atoms. The number of nitrogens with one attached hydrogen (secondary N) is 1. The molecule has 0 unspecified atom stereocenters. The van der Waals surface area contributed by atoms with Crippen molar-refractivity contribution >= 4 is 21.7 Å². The molecule has 0 bridgehead atoms. The van der Waals surface area contributed by atoms with Gasteiger partial charge in [0.15, 0.2) is 5.03 Å². The SMILES string of the molecule is Cn1cnc(S(=O)(=O)N2CCCN(C(=O)Nc3c(F)cccc3F)CC2)c1. The Balaban J connectivity index is 1.68. The second-order valence-electron chi connectivity index (χ2n) is 6.15. The first-order chi connectivity index (χ1) is 12.8. The number of imidazole rings is 1. The van der Waals surface area contributed by atoms with Crippen LogP contribution in [0.2, 0.25) is 0 Å². The van der Waals surface area contributed by atoms with Crippen molar-refractivity contribution in [3.63, 3.8) is 0 Å². The molecule has 1 saturated heterocycles. The molecule has 2 amide bonds. The van der Waals surface area contributed by atoms with Gasteiger partial charge in [0.25, 0.3) is 10.0 Å². The number of nitrogens with zero attached hydrogens (tertiary/aromatic N) is 4. The second kappa shape index (κ2) is 7.61. The molecule has 11 heteroatoms. The quantitative estimate of drug-likeness (QED) is 0.850. The standard InChI is InChI=1S/C16H19F2N5O3S/c1-21-10-14(19-11-21)27(25,26)23-7-3-6-22(8-9-23)16(24)20-15-12(17)4-2-5-13(15)18/h2,4-5,10-11H,3,6-9H2,1H3,(H,20,24). The summed E-state index contributed by atoms with van der Waals surface area (Å²) < 4.78 is 55.5. The van der Waals surface area contributed by atoms with Crippen molar-refractivity contribution in [2.24, 2.45) is 7.05 Å². The van der Waals surface area contributed by atoms with Gasteiger partial charge in [-0.05, 0) is 18.6 Å². The molecule has 1 aliphatic heterocycles. The van der Waals surface area contributed by atoms with E-state index in [1.54, 1.807) is 7.05 Å². The van der Waals surface area contributed by atoms with Gasteiger partial charge >= 0.3 is 6.03 Å². The average molecular weight is 399 g/mol. The molecule has 3 rings (SSSR count). The number of hydrogen-bond donors (Lipinski definition) is 1. The molecule has 0 spiro atoms. The molecule has 0 saturated carbocycles. The van der Waals surface area contributed by atoms with E-state index in [2.05, 4.69) is 10.3 Å². The monoisotopic (exact) mass is 399 g/mol. The smallest absolute Gasteiger partial charge is 0.322 e. The minimum absolute atomic E-state index is 0.0590. The molecule has 1 fully saturated rings. The molecule has 0 atom stereocenters. The number of anilines is 1. The summed E-state index contributed by atoms with van der Waals surface area (Å²) >= 11 is 0. The third-order valence-corrected chi connectivity index (χ3v) is 6.01. The van der Waals surface area contributed by atoms with E-state index in [0.717, 1.165) is 12.1 Å². The Kier molecular flexibility index (Phi) is 5.42. The van der Waals surface area contributed by atoms with Crippen LogP contribution in [-0.4, -0.2) is 59.4 Å². The maximum Gasteiger partial charge on any atom is 0.322 e. The van der Waals surface area contributed by atoms with Crippen molar-refractivity contribution in [1.29, 1.82) is 0 Å². The lowest BCUT2D eigenvalue weighted by atomic mass is 10.3. The minimum Gasteiger partial charge on any atom is -0.339 e. The summed E-state index contributed by atoms with van der Waals surface area (Å²) in [6.45, 7) is 0.632. The van der Waals surface area contributed by atoms with Gasteiger partial charge in [-0.3, -0.25) is 0 Å². The zero-order valence-corrected chi connectivity index (χ0v) is 15.4. The largest absolute Gasteiger partial charge is 0.339 e. The number of aromatic nitrogens is 2. The van der Waals surface area contributed by atoms with Gasteiger partial charge in [-0.25, -0.2) is 27.0 Å². The van der Waals surface area contributed by atoms with Crippen molar-refractivity contribution in [3.05, 3.63) is 42.4 Å². The predicted molar refractivity (Wildman–Crippen MR) is 93.5 cm³/mol. The Morgan fingerprint density at radius 3 is 2.48 bits per heavy atom. The summed E-state index contributed by atoms with van der Waals surface area (Å²) in [6, 6.07) is 2.60. The van der Waals surface area contributed by atoms with Gasteiger partial charge in [0.05, 0.1) is 6.33 Å². The Labute approximate surface area is 155 Å². The average Bonchev–Trinajstić information content (AvgIpc) is 2.91. The highest BCUT2D eigenvalue weighted by Crippen LogP contribution is 2.20. The number of carbonyl (C=O) groups excluding carboxylic acids is 1. The van der Waals surface area contributed by atoms with Crippen molar-refractivity contribution < 1.29 is 22.0 Å². The van der Waals surface area contributed by atoms with E-state index >= 15 is 0 Å². The van der Waals surface area contributed by atoms with Gasteiger partial charge in [0.2, 0.25) is 0 Å². The van der Waals surface area contributed by atoms with Crippen LogP contribution >= 0.6 is 0 Å². The van der Waals surface area contributed by atoms with Crippen LogP contribution in [0.4, 0.5) is 19.3 Å². The maximum absolute atomic E-state index is 13.7. The highest BCUT2D eigenvalue weighted by molar-refractivity contribution is 7.89. The summed E-state index contributed by atoms with van der Waals surface area (Å²) in [5.74, 6) is -1.75. The van der Waals surface area contributed by atoms with E-state index in [4.69, 9.17) is 0 Å². The summed E-state index contributed by atoms with van der Waals surface area (Å²) in [6.07, 6.45) is 3.19. The highest BCUT2D eigenvalue weighted by Gasteiger charge is 2.30. The molecule has 2 aromatic rings. The number of hydrogen-bond acceptors (Lipinski definition) is 4. The predicted octanol–water partition coefficient (Wildman–Crippen LogP) is 1.63. The first kappa shape index (κ1) is 19.2. The van der Waals surface area contributed by atoms with Crippen LogP contribution in [0, 0.1) is 11.6 Å². The van der Waals surface area contributed by atoms with Gasteiger partial charge < -0.3 is 14.8 Å². The van der Waals surface area contributed by atoms with Gasteiger partial charge in [0.1, 0.15) is 17.3 Å². The Hall–Kier alpha value is -2.53. The Morgan fingerprint density at radius 2 is 1.85 bits per heavy atom. The molecule has 0 aliphatic carbocycles. The molecule has 2 heterocycles. The van der Waals surface area contributed by atoms with Crippen molar-refractivity contribution in [2.45, 2.75) is 11.4 Å². The Bertz CT molecular complexity index is 927. The lowest BCUT2D eigenvalue weighted by Gasteiger charge is -2.22. The summed E-state index contributed by atoms with van der Waals surface area (Å²) in [5, 5.41) is 2.16. The number of carbonyl (C=O) groups is 1. The van der Waals surface area contributed by atoms with Crippen LogP contribution in [0.15, 0.2) is 35.7 Å². The van der Waals surface area contributed by atoms with E-state index in [0.29, 0.717) is 6.42 Å². The molecule has 146 valence electrons. The van der Waals surface area contributed by atoms with Crippen LogP contribution < -0.4 is 5.32 Å². The van der Waals surface area contributed by atoms with Crippen LogP contribution in [0.1, 0.15) is 6.42 Å². The van der Waals surface area contributed by atoms with Crippen LogP contribution in [0.5, 0.6) is 0 Å². The Morgan fingerprint density at radius 1 is 1.15 bits per heavy atom. The normalized spacial score (nSPS) is 16.2. The summed E-state index contributed by atoms with van der Waals surface area (Å²) in [7, 11) is -2.09. The fourth-order valence-corrected chi connectivity index (χ4v) is 4.23. The fraction of sp³-hybridized carbons (Fsp3) is 0.375. The lowest BCUT2D eigenvalue weighted by Crippen LogP contribution is -2.39. The van der Waals surface area contributed by atoms with E-state index in [1.807, 2.05) is 0 Å². The molecule has 8 nitrogen and oxygen atoms in total. The second-order valence-corrected chi connectivity index (χ2v) is 8.03. The topological polar surface area (TPSA) is 87.5 Å². The van der Waals surface area contributed by atoms with E-state index in [1.165, 1.54) is 32.4 Å². The first-order valence-electron chi connectivity index (χ1n) is 8.27. The molecular formula is C16H19F2N5O3S. The molecular weight excluding hydrogens is 380 g/mol. The van der Waals surface area contributed by atoms with Crippen LogP contribution in [-0.2, 0) is 17.1 Å². The first-order valence-corrected chi connectivity index (χ1v) is 9.71. The number of aryl methyl sites for hydroxylation is 1. The van der Waals surface area contributed by atoms with Crippen molar-refractivity contribution in [3.8, 4) is 0 Å². The third kappa shape index (κ3) is 4.08. The number of benzene rings is 1. The van der Waals surface area contributed by atoms with Crippen molar-refractivity contribution in [2.75, 3.05) is 31.5 Å². The van der Waals surface area contributed by atoms with Gasteiger partial charge in [-0.15, -0.1) is 0 Å². The maximum atomic E-state index is 13.7. The summed E-state index contributed by atoms with van der Waals surface area (Å²) in [4.78, 5) is 17.6. The molecule has 1 aromatic heterocycles. The third-order valence-electron chi connectivity index (χ3n) is 4.22. The van der Waals surface area contributed by atoms with Gasteiger partial charge in [-0.1, -0.05) is 6.07 Å². The van der Waals surface area contributed by atoms with Gasteiger partial charge in [0, 0.05) is 39.4 Å². The molecule has 1 N–H and O–H groups in total. The number of urea groups is 1. The summed E-state index contributed by atoms with van der Waals surface area (Å²) in [5.41, 5.74) is -0.523. The zero-order valence-electron chi connectivity index (χ0n) is 14.6. The van der Waals surface area contributed by atoms with Crippen LogP contribution in [0.3, 0.4) is 0 Å². The van der Waals surface area contributed by atoms with E-state index < -0.39 is 33.4 Å². The minimum atomic E-state index is -3.76. The number of sulfonamides is 1. The van der Waals surface area contributed by atoms with Gasteiger partial charge in [-0.2, -0.15) is 4.31 Å².